The Bertz CT molecular complexity index is 359. The number of nitrogens with one attached hydrogen (secondary N) is 1. The quantitative estimate of drug-likeness (QED) is 0.729. The molecular weight excluding hydrogens is 288 g/mol. The first-order chi connectivity index (χ1) is 8.49. The van der Waals surface area contributed by atoms with Gasteiger partial charge in [-0.25, -0.2) is 0 Å². The zero-order valence-electron chi connectivity index (χ0n) is 11.7. The van der Waals surface area contributed by atoms with Gasteiger partial charge in [-0.3, -0.25) is 0 Å². The van der Waals surface area contributed by atoms with E-state index in [-0.39, 0.29) is 5.54 Å². The van der Waals surface area contributed by atoms with Crippen LogP contribution in [0.3, 0.4) is 0 Å². The van der Waals surface area contributed by atoms with Crippen LogP contribution in [0, 0.1) is 6.92 Å². The van der Waals surface area contributed by atoms with Gasteiger partial charge in [0.1, 0.15) is 0 Å². The first kappa shape index (κ1) is 15.5. The van der Waals surface area contributed by atoms with Gasteiger partial charge < -0.3 is 11.1 Å². The third-order valence-electron chi connectivity index (χ3n) is 3.27. The van der Waals surface area contributed by atoms with Gasteiger partial charge in [-0.05, 0) is 44.0 Å². The van der Waals surface area contributed by atoms with E-state index >= 15 is 0 Å². The molecule has 0 fully saturated rings. The van der Waals surface area contributed by atoms with Crippen molar-refractivity contribution >= 4 is 21.6 Å². The molecule has 3 heteroatoms. The number of unbranched alkanes of at least 4 members (excludes halogenated alkanes) is 2. The first-order valence-corrected chi connectivity index (χ1v) is 7.54. The van der Waals surface area contributed by atoms with E-state index in [9.17, 15) is 0 Å². The molecule has 1 unspecified atom stereocenters. The molecule has 0 heterocycles. The van der Waals surface area contributed by atoms with Gasteiger partial charge in [0.2, 0.25) is 0 Å². The van der Waals surface area contributed by atoms with Crippen molar-refractivity contribution in [3.8, 4) is 0 Å². The molecule has 0 aliphatic carbocycles. The third kappa shape index (κ3) is 4.99. The molecule has 0 saturated carbocycles. The van der Waals surface area contributed by atoms with E-state index in [0.29, 0.717) is 6.54 Å². The van der Waals surface area contributed by atoms with E-state index in [0.717, 1.165) is 16.6 Å². The van der Waals surface area contributed by atoms with E-state index in [1.54, 1.807) is 0 Å². The lowest BCUT2D eigenvalue weighted by atomic mass is 9.94. The van der Waals surface area contributed by atoms with Gasteiger partial charge in [0.15, 0.2) is 0 Å². The Morgan fingerprint density at radius 1 is 1.28 bits per heavy atom. The normalized spacial score (nSPS) is 14.3. The summed E-state index contributed by atoms with van der Waals surface area (Å²) < 4.78 is 1.11. The summed E-state index contributed by atoms with van der Waals surface area (Å²) in [5.74, 6) is 0. The van der Waals surface area contributed by atoms with Gasteiger partial charge in [-0.15, -0.1) is 0 Å². The van der Waals surface area contributed by atoms with Crippen LogP contribution in [0.2, 0.25) is 0 Å². The second-order valence-electron chi connectivity index (χ2n) is 5.36. The number of aryl methyl sites for hydroxylation is 1. The van der Waals surface area contributed by atoms with Crippen molar-refractivity contribution < 1.29 is 0 Å². The molecule has 1 aromatic carbocycles. The van der Waals surface area contributed by atoms with Gasteiger partial charge in [0, 0.05) is 22.2 Å². The fraction of sp³-hybridized carbons (Fsp3) is 0.600. The maximum absolute atomic E-state index is 5.94. The van der Waals surface area contributed by atoms with Crippen molar-refractivity contribution in [2.45, 2.75) is 52.0 Å². The summed E-state index contributed by atoms with van der Waals surface area (Å²) in [5, 5.41) is 3.59. The zero-order chi connectivity index (χ0) is 13.6. The molecule has 0 amide bonds. The van der Waals surface area contributed by atoms with Crippen molar-refractivity contribution in [3.05, 3.63) is 28.2 Å². The topological polar surface area (TPSA) is 38.0 Å². The van der Waals surface area contributed by atoms with Crippen molar-refractivity contribution in [3.63, 3.8) is 0 Å². The van der Waals surface area contributed by atoms with Crippen LogP contribution in [0.15, 0.2) is 22.7 Å². The van der Waals surface area contributed by atoms with Gasteiger partial charge in [0.05, 0.1) is 0 Å². The summed E-state index contributed by atoms with van der Waals surface area (Å²) in [4.78, 5) is 0. The van der Waals surface area contributed by atoms with Crippen LogP contribution in [0.1, 0.15) is 45.1 Å². The Hall–Kier alpha value is -0.540. The third-order valence-corrected chi connectivity index (χ3v) is 3.73. The summed E-state index contributed by atoms with van der Waals surface area (Å²) in [6.07, 6.45) is 4.86. The number of hydrogen-bond donors (Lipinski definition) is 2. The lowest BCUT2D eigenvalue weighted by Gasteiger charge is -2.31. The van der Waals surface area contributed by atoms with Gasteiger partial charge in [0.25, 0.3) is 0 Å². The largest absolute Gasteiger partial charge is 0.379 e. The minimum atomic E-state index is -0.0115. The first-order valence-electron chi connectivity index (χ1n) is 6.74. The molecule has 0 aliphatic heterocycles. The van der Waals surface area contributed by atoms with Crippen LogP contribution in [0.5, 0.6) is 0 Å². The van der Waals surface area contributed by atoms with Crippen LogP contribution in [0.25, 0.3) is 0 Å². The van der Waals surface area contributed by atoms with Crippen LogP contribution in [-0.2, 0) is 0 Å². The molecule has 2 nitrogen and oxygen atoms in total. The number of benzene rings is 1. The van der Waals surface area contributed by atoms with Crippen LogP contribution >= 0.6 is 15.9 Å². The molecule has 0 radical (unpaired) electrons. The molecule has 1 rings (SSSR count). The smallest absolute Gasteiger partial charge is 0.0467 e. The average Bonchev–Trinajstić information content (AvgIpc) is 2.28. The molecule has 0 bridgehead atoms. The number of nitrogens with two attached hydrogens (primary N) is 1. The highest BCUT2D eigenvalue weighted by Crippen LogP contribution is 2.24. The Morgan fingerprint density at radius 2 is 2.00 bits per heavy atom. The molecule has 1 atom stereocenters. The molecule has 0 aromatic heterocycles. The van der Waals surface area contributed by atoms with E-state index in [1.165, 1.54) is 24.8 Å². The Kier molecular flexibility index (Phi) is 6.16. The molecule has 1 aromatic rings. The van der Waals surface area contributed by atoms with Crippen molar-refractivity contribution in [1.29, 1.82) is 0 Å². The fourth-order valence-corrected chi connectivity index (χ4v) is 2.75. The molecule has 0 saturated heterocycles. The fourth-order valence-electron chi connectivity index (χ4n) is 2.14. The standard InChI is InChI=1S/C15H25BrN2/c1-4-5-6-7-15(3,11-17)18-14-9-12(2)8-13(16)10-14/h8-10,18H,4-7,11,17H2,1-3H3. The number of halogens is 1. The van der Waals surface area contributed by atoms with E-state index in [1.807, 2.05) is 0 Å². The summed E-state index contributed by atoms with van der Waals surface area (Å²) in [6, 6.07) is 6.39. The monoisotopic (exact) mass is 312 g/mol. The highest BCUT2D eigenvalue weighted by Gasteiger charge is 2.21. The zero-order valence-corrected chi connectivity index (χ0v) is 13.3. The van der Waals surface area contributed by atoms with E-state index in [2.05, 4.69) is 60.2 Å². The second kappa shape index (κ2) is 7.15. The minimum absolute atomic E-state index is 0.0115. The second-order valence-corrected chi connectivity index (χ2v) is 6.28. The molecular formula is C15H25BrN2. The van der Waals surface area contributed by atoms with Crippen molar-refractivity contribution in [1.82, 2.24) is 0 Å². The van der Waals surface area contributed by atoms with Gasteiger partial charge in [-0.1, -0.05) is 42.1 Å². The lowest BCUT2D eigenvalue weighted by Crippen LogP contribution is -2.42. The molecule has 18 heavy (non-hydrogen) atoms. The van der Waals surface area contributed by atoms with Crippen molar-refractivity contribution in [2.75, 3.05) is 11.9 Å². The molecule has 0 spiro atoms. The van der Waals surface area contributed by atoms with Crippen LogP contribution in [-0.4, -0.2) is 12.1 Å². The summed E-state index contributed by atoms with van der Waals surface area (Å²) in [7, 11) is 0. The van der Waals surface area contributed by atoms with Gasteiger partial charge >= 0.3 is 0 Å². The Morgan fingerprint density at radius 3 is 2.56 bits per heavy atom. The number of hydrogen-bond acceptors (Lipinski definition) is 2. The average molecular weight is 313 g/mol. The maximum atomic E-state index is 5.94. The lowest BCUT2D eigenvalue weighted by molar-refractivity contribution is 0.455. The molecule has 3 N–H and O–H groups in total. The predicted octanol–water partition coefficient (Wildman–Crippen LogP) is 4.47. The van der Waals surface area contributed by atoms with Crippen molar-refractivity contribution in [2.24, 2.45) is 5.73 Å². The minimum Gasteiger partial charge on any atom is -0.379 e. The van der Waals surface area contributed by atoms with Crippen LogP contribution in [0.4, 0.5) is 5.69 Å². The van der Waals surface area contributed by atoms with Gasteiger partial charge in [-0.2, -0.15) is 0 Å². The Balaban J connectivity index is 2.71. The predicted molar refractivity (Wildman–Crippen MR) is 84.1 cm³/mol. The maximum Gasteiger partial charge on any atom is 0.0467 e. The SMILES string of the molecule is CCCCCC(C)(CN)Nc1cc(C)cc(Br)c1. The van der Waals surface area contributed by atoms with E-state index < -0.39 is 0 Å². The number of rotatable bonds is 7. The van der Waals surface area contributed by atoms with Crippen LogP contribution < -0.4 is 11.1 Å². The summed E-state index contributed by atoms with van der Waals surface area (Å²) in [6.45, 7) is 7.19. The number of anilines is 1. The summed E-state index contributed by atoms with van der Waals surface area (Å²) in [5.41, 5.74) is 8.32. The Labute approximate surface area is 119 Å². The highest BCUT2D eigenvalue weighted by molar-refractivity contribution is 9.10. The molecule has 102 valence electrons. The van der Waals surface area contributed by atoms with E-state index in [4.69, 9.17) is 5.73 Å². The molecule has 0 aliphatic rings. The summed E-state index contributed by atoms with van der Waals surface area (Å²) >= 11 is 3.54. The highest BCUT2D eigenvalue weighted by atomic mass is 79.9.